The predicted octanol–water partition coefficient (Wildman–Crippen LogP) is 0.579. The van der Waals surface area contributed by atoms with Gasteiger partial charge in [0.15, 0.2) is 0 Å². The van der Waals surface area contributed by atoms with Gasteiger partial charge in [-0.05, 0) is 12.3 Å². The maximum Gasteiger partial charge on any atom is 0.222 e. The third kappa shape index (κ3) is 5.56. The maximum atomic E-state index is 11.2. The Morgan fingerprint density at radius 3 is 2.36 bits per heavy atom. The molecule has 0 saturated carbocycles. The first-order chi connectivity index (χ1) is 6.47. The molecule has 0 aliphatic rings. The predicted molar refractivity (Wildman–Crippen MR) is 55.8 cm³/mol. The Morgan fingerprint density at radius 1 is 1.36 bits per heavy atom. The van der Waals surface area contributed by atoms with Crippen molar-refractivity contribution in [2.45, 2.75) is 19.8 Å². The fraction of sp³-hybridized carbons (Fsp3) is 0.800. The van der Waals surface area contributed by atoms with E-state index < -0.39 is 0 Å². The van der Waals surface area contributed by atoms with Crippen molar-refractivity contribution in [1.29, 1.82) is 0 Å². The summed E-state index contributed by atoms with van der Waals surface area (Å²) in [5, 5.41) is 0. The van der Waals surface area contributed by atoms with E-state index in [1.165, 1.54) is 0 Å². The quantitative estimate of drug-likeness (QED) is 0.588. The summed E-state index contributed by atoms with van der Waals surface area (Å²) in [5.74, 6) is 0.514. The smallest absolute Gasteiger partial charge is 0.222 e. The largest absolute Gasteiger partial charge is 0.349 e. The molecule has 82 valence electrons. The molecular formula is C10H20N2O2. The highest BCUT2D eigenvalue weighted by molar-refractivity contribution is 5.75. The van der Waals surface area contributed by atoms with Crippen LogP contribution >= 0.6 is 0 Å². The molecule has 0 aromatic heterocycles. The molecule has 14 heavy (non-hydrogen) atoms. The molecule has 0 aliphatic heterocycles. The lowest BCUT2D eigenvalue weighted by Gasteiger charge is -2.17. The van der Waals surface area contributed by atoms with Crippen molar-refractivity contribution in [3.63, 3.8) is 0 Å². The highest BCUT2D eigenvalue weighted by atomic mass is 16.2. The minimum absolute atomic E-state index is 0.144. The summed E-state index contributed by atoms with van der Waals surface area (Å²) < 4.78 is 0. The Kier molecular flexibility index (Phi) is 5.92. The van der Waals surface area contributed by atoms with Gasteiger partial charge in [0, 0.05) is 34.1 Å². The zero-order valence-electron chi connectivity index (χ0n) is 9.49. The number of carbonyl (C=O) groups is 2. The molecule has 0 spiro atoms. The summed E-state index contributed by atoms with van der Waals surface area (Å²) in [6.45, 7) is 2.76. The first kappa shape index (κ1) is 12.9. The minimum atomic E-state index is 0.144. The molecule has 0 fully saturated rings. The fourth-order valence-corrected chi connectivity index (χ4v) is 1.22. The van der Waals surface area contributed by atoms with Gasteiger partial charge in [0.2, 0.25) is 12.3 Å². The first-order valence-electron chi connectivity index (χ1n) is 4.83. The molecule has 1 atom stereocenters. The van der Waals surface area contributed by atoms with Gasteiger partial charge in [-0.25, -0.2) is 0 Å². The molecule has 0 rings (SSSR count). The van der Waals surface area contributed by atoms with Gasteiger partial charge in [0.1, 0.15) is 0 Å². The lowest BCUT2D eigenvalue weighted by Crippen LogP contribution is -2.25. The summed E-state index contributed by atoms with van der Waals surface area (Å²) >= 11 is 0. The van der Waals surface area contributed by atoms with E-state index in [-0.39, 0.29) is 5.91 Å². The summed E-state index contributed by atoms with van der Waals surface area (Å²) in [7, 11) is 5.26. The molecular weight excluding hydrogens is 180 g/mol. The lowest BCUT2D eigenvalue weighted by molar-refractivity contribution is -0.128. The highest BCUT2D eigenvalue weighted by Gasteiger charge is 2.09. The third-order valence-corrected chi connectivity index (χ3v) is 2.13. The molecule has 0 aromatic rings. The summed E-state index contributed by atoms with van der Waals surface area (Å²) in [5.41, 5.74) is 0. The van der Waals surface area contributed by atoms with Gasteiger partial charge in [0.25, 0.3) is 0 Å². The monoisotopic (exact) mass is 200 g/mol. The molecule has 4 heteroatoms. The van der Waals surface area contributed by atoms with E-state index >= 15 is 0 Å². The number of hydrogen-bond acceptors (Lipinski definition) is 2. The van der Waals surface area contributed by atoms with Gasteiger partial charge in [-0.3, -0.25) is 9.59 Å². The van der Waals surface area contributed by atoms with Crippen LogP contribution in [0.3, 0.4) is 0 Å². The van der Waals surface area contributed by atoms with Crippen LogP contribution in [0.4, 0.5) is 0 Å². The SMILES string of the molecule is CC(CCC(=O)N(C)C)CN(C)C=O. The second kappa shape index (κ2) is 6.40. The van der Waals surface area contributed by atoms with Crippen LogP contribution in [0.5, 0.6) is 0 Å². The van der Waals surface area contributed by atoms with Crippen molar-refractivity contribution >= 4 is 12.3 Å². The Hall–Kier alpha value is -1.06. The second-order valence-electron chi connectivity index (χ2n) is 3.98. The van der Waals surface area contributed by atoms with Crippen molar-refractivity contribution < 1.29 is 9.59 Å². The molecule has 2 amide bonds. The highest BCUT2D eigenvalue weighted by Crippen LogP contribution is 2.07. The zero-order valence-corrected chi connectivity index (χ0v) is 9.49. The van der Waals surface area contributed by atoms with E-state index in [0.717, 1.165) is 12.8 Å². The average Bonchev–Trinajstić information content (AvgIpc) is 2.13. The number of amides is 2. The van der Waals surface area contributed by atoms with Gasteiger partial charge >= 0.3 is 0 Å². The lowest BCUT2D eigenvalue weighted by atomic mass is 10.1. The van der Waals surface area contributed by atoms with Gasteiger partial charge in [-0.15, -0.1) is 0 Å². The third-order valence-electron chi connectivity index (χ3n) is 2.13. The normalized spacial score (nSPS) is 12.0. The van der Waals surface area contributed by atoms with Crippen LogP contribution in [0.1, 0.15) is 19.8 Å². The fourth-order valence-electron chi connectivity index (χ4n) is 1.22. The molecule has 0 bridgehead atoms. The Labute approximate surface area is 85.9 Å². The van der Waals surface area contributed by atoms with Crippen LogP contribution in [-0.2, 0) is 9.59 Å². The molecule has 0 radical (unpaired) electrons. The molecule has 4 nitrogen and oxygen atoms in total. The molecule has 1 unspecified atom stereocenters. The van der Waals surface area contributed by atoms with E-state index in [2.05, 4.69) is 0 Å². The molecule has 0 saturated heterocycles. The first-order valence-corrected chi connectivity index (χ1v) is 4.83. The Balaban J connectivity index is 3.68. The van der Waals surface area contributed by atoms with Crippen molar-refractivity contribution in [2.75, 3.05) is 27.7 Å². The summed E-state index contributed by atoms with van der Waals surface area (Å²) in [6.07, 6.45) is 2.19. The van der Waals surface area contributed by atoms with Gasteiger partial charge < -0.3 is 9.80 Å². The average molecular weight is 200 g/mol. The van der Waals surface area contributed by atoms with E-state index in [9.17, 15) is 9.59 Å². The zero-order chi connectivity index (χ0) is 11.1. The van der Waals surface area contributed by atoms with Crippen LogP contribution in [0.2, 0.25) is 0 Å². The molecule has 0 heterocycles. The van der Waals surface area contributed by atoms with Gasteiger partial charge in [0.05, 0.1) is 0 Å². The van der Waals surface area contributed by atoms with E-state index in [1.807, 2.05) is 6.92 Å². The van der Waals surface area contributed by atoms with Crippen molar-refractivity contribution in [2.24, 2.45) is 5.92 Å². The van der Waals surface area contributed by atoms with Crippen LogP contribution in [0, 0.1) is 5.92 Å². The number of rotatable bonds is 6. The number of nitrogens with zero attached hydrogens (tertiary/aromatic N) is 2. The van der Waals surface area contributed by atoms with E-state index in [4.69, 9.17) is 0 Å². The van der Waals surface area contributed by atoms with Gasteiger partial charge in [-0.2, -0.15) is 0 Å². The minimum Gasteiger partial charge on any atom is -0.349 e. The topological polar surface area (TPSA) is 40.6 Å². The molecule has 0 N–H and O–H groups in total. The second-order valence-corrected chi connectivity index (χ2v) is 3.98. The van der Waals surface area contributed by atoms with Crippen LogP contribution in [0.25, 0.3) is 0 Å². The molecule has 0 aromatic carbocycles. The van der Waals surface area contributed by atoms with Crippen LogP contribution in [0.15, 0.2) is 0 Å². The van der Waals surface area contributed by atoms with Crippen molar-refractivity contribution in [1.82, 2.24) is 9.80 Å². The van der Waals surface area contributed by atoms with Crippen molar-refractivity contribution in [3.8, 4) is 0 Å². The standard InChI is InChI=1S/C10H20N2O2/c1-9(7-12(4)8-13)5-6-10(14)11(2)3/h8-9H,5-7H2,1-4H3. The Morgan fingerprint density at radius 2 is 1.93 bits per heavy atom. The Bertz CT molecular complexity index is 193. The van der Waals surface area contributed by atoms with Crippen molar-refractivity contribution in [3.05, 3.63) is 0 Å². The van der Waals surface area contributed by atoms with Gasteiger partial charge in [-0.1, -0.05) is 6.92 Å². The van der Waals surface area contributed by atoms with E-state index in [0.29, 0.717) is 18.9 Å². The van der Waals surface area contributed by atoms with Crippen LogP contribution in [-0.4, -0.2) is 49.8 Å². The van der Waals surface area contributed by atoms with E-state index in [1.54, 1.807) is 30.9 Å². The molecule has 0 aliphatic carbocycles. The summed E-state index contributed by atoms with van der Waals surface area (Å²) in [4.78, 5) is 24.8. The number of hydrogen-bond donors (Lipinski definition) is 0. The van der Waals surface area contributed by atoms with Crippen LogP contribution < -0.4 is 0 Å². The number of carbonyl (C=O) groups excluding carboxylic acids is 2. The summed E-state index contributed by atoms with van der Waals surface area (Å²) in [6, 6.07) is 0. The maximum absolute atomic E-state index is 11.2.